The first-order valence-corrected chi connectivity index (χ1v) is 8.69. The van der Waals surface area contributed by atoms with Gasteiger partial charge in [0.05, 0.1) is 17.8 Å². The molecule has 2 N–H and O–H groups in total. The lowest BCUT2D eigenvalue weighted by Gasteiger charge is -2.22. The van der Waals surface area contributed by atoms with E-state index in [2.05, 4.69) is 15.2 Å². The van der Waals surface area contributed by atoms with E-state index in [1.807, 2.05) is 6.92 Å². The summed E-state index contributed by atoms with van der Waals surface area (Å²) in [7, 11) is 0. The topological polar surface area (TPSA) is 65.5 Å². The van der Waals surface area contributed by atoms with Crippen LogP contribution in [0.25, 0.3) is 0 Å². The van der Waals surface area contributed by atoms with Gasteiger partial charge in [-0.3, -0.25) is 9.69 Å². The molecule has 1 aliphatic heterocycles. The fraction of sp³-hybridized carbons (Fsp3) is 0.733. The van der Waals surface area contributed by atoms with Gasteiger partial charge in [-0.1, -0.05) is 6.92 Å². The van der Waals surface area contributed by atoms with Crippen LogP contribution < -0.4 is 5.32 Å². The van der Waals surface area contributed by atoms with E-state index in [0.717, 1.165) is 49.3 Å². The second kappa shape index (κ2) is 8.46. The summed E-state index contributed by atoms with van der Waals surface area (Å²) in [5.41, 5.74) is 2.62. The Kier molecular flexibility index (Phi) is 6.60. The van der Waals surface area contributed by atoms with Gasteiger partial charge < -0.3 is 10.4 Å². The van der Waals surface area contributed by atoms with Crippen LogP contribution in [0.3, 0.4) is 0 Å². The minimum atomic E-state index is 0.00348. The molecular weight excluding hydrogens is 286 g/mol. The van der Waals surface area contributed by atoms with Gasteiger partial charge in [-0.05, 0) is 45.2 Å². The predicted molar refractivity (Wildman–Crippen MR) is 84.7 cm³/mol. The molecule has 0 saturated carbocycles. The van der Waals surface area contributed by atoms with Gasteiger partial charge in [-0.15, -0.1) is 11.3 Å². The second-order valence-electron chi connectivity index (χ2n) is 5.46. The first-order chi connectivity index (χ1) is 10.3. The number of unbranched alkanes of at least 4 members (excludes halogenated alkanes) is 1. The number of aliphatic hydroxyl groups is 1. The zero-order chi connectivity index (χ0) is 15.1. The highest BCUT2D eigenvalue weighted by atomic mass is 32.1. The molecule has 6 heteroatoms. The summed E-state index contributed by atoms with van der Waals surface area (Å²) < 4.78 is 0. The lowest BCUT2D eigenvalue weighted by molar-refractivity contribution is 0.0955. The van der Waals surface area contributed by atoms with Crippen molar-refractivity contribution < 1.29 is 9.90 Å². The summed E-state index contributed by atoms with van der Waals surface area (Å²) in [6.45, 7) is 5.10. The molecule has 1 fully saturated rings. The van der Waals surface area contributed by atoms with Crippen molar-refractivity contribution >= 4 is 17.2 Å². The van der Waals surface area contributed by atoms with Crippen molar-refractivity contribution in [2.75, 3.05) is 26.2 Å². The standard InChI is InChI=1S/C15H25N3O2S/c1-2-13-14(21-11-17-13)15(20)16-7-3-4-8-18-9-5-6-12(18)10-19/h11-12,19H,2-10H2,1H3,(H,16,20). The average molecular weight is 311 g/mol. The van der Waals surface area contributed by atoms with E-state index in [1.165, 1.54) is 17.8 Å². The summed E-state index contributed by atoms with van der Waals surface area (Å²) in [5.74, 6) is 0.00348. The Morgan fingerprint density at radius 2 is 2.43 bits per heavy atom. The Morgan fingerprint density at radius 3 is 3.19 bits per heavy atom. The third-order valence-electron chi connectivity index (χ3n) is 4.05. The van der Waals surface area contributed by atoms with Gasteiger partial charge in [0, 0.05) is 12.6 Å². The molecule has 0 aromatic carbocycles. The number of nitrogens with zero attached hydrogens (tertiary/aromatic N) is 2. The van der Waals surface area contributed by atoms with Crippen molar-refractivity contribution in [1.82, 2.24) is 15.2 Å². The number of aromatic nitrogens is 1. The van der Waals surface area contributed by atoms with Crippen LogP contribution in [0.15, 0.2) is 5.51 Å². The molecule has 118 valence electrons. The van der Waals surface area contributed by atoms with Crippen molar-refractivity contribution in [3.63, 3.8) is 0 Å². The molecule has 1 atom stereocenters. The fourth-order valence-electron chi connectivity index (χ4n) is 2.82. The molecule has 0 aliphatic carbocycles. The summed E-state index contributed by atoms with van der Waals surface area (Å²) in [4.78, 5) is 19.3. The minimum absolute atomic E-state index is 0.00348. The molecule has 1 amide bonds. The second-order valence-corrected chi connectivity index (χ2v) is 6.31. The molecular formula is C15H25N3O2S. The van der Waals surface area contributed by atoms with E-state index >= 15 is 0 Å². The Morgan fingerprint density at radius 1 is 1.57 bits per heavy atom. The monoisotopic (exact) mass is 311 g/mol. The largest absolute Gasteiger partial charge is 0.395 e. The van der Waals surface area contributed by atoms with E-state index in [0.29, 0.717) is 12.6 Å². The van der Waals surface area contributed by atoms with Crippen molar-refractivity contribution in [3.05, 3.63) is 16.1 Å². The number of aliphatic hydroxyl groups excluding tert-OH is 1. The molecule has 2 heterocycles. The number of likely N-dealkylation sites (tertiary alicyclic amines) is 1. The molecule has 2 rings (SSSR count). The number of carbonyl (C=O) groups excluding carboxylic acids is 1. The van der Waals surface area contributed by atoms with Crippen LogP contribution in [0.4, 0.5) is 0 Å². The third-order valence-corrected chi connectivity index (χ3v) is 4.92. The van der Waals surface area contributed by atoms with Crippen LogP contribution in [0.1, 0.15) is 48.0 Å². The summed E-state index contributed by atoms with van der Waals surface area (Å²) in [6.07, 6.45) is 5.12. The Labute approximate surface area is 130 Å². The first kappa shape index (κ1) is 16.4. The lowest BCUT2D eigenvalue weighted by atomic mass is 10.2. The van der Waals surface area contributed by atoms with Crippen LogP contribution >= 0.6 is 11.3 Å². The predicted octanol–water partition coefficient (Wildman–Crippen LogP) is 1.67. The summed E-state index contributed by atoms with van der Waals surface area (Å²) in [5, 5.41) is 12.2. The number of rotatable bonds is 8. The Bertz CT molecular complexity index is 450. The zero-order valence-corrected chi connectivity index (χ0v) is 13.5. The Balaban J connectivity index is 1.62. The van der Waals surface area contributed by atoms with Gasteiger partial charge in [-0.25, -0.2) is 4.98 Å². The van der Waals surface area contributed by atoms with Crippen LogP contribution in [0, 0.1) is 0 Å². The average Bonchev–Trinajstić information content (AvgIpc) is 3.14. The number of nitrogens with one attached hydrogen (secondary N) is 1. The van der Waals surface area contributed by atoms with Crippen LogP contribution in [-0.4, -0.2) is 53.2 Å². The van der Waals surface area contributed by atoms with Gasteiger partial charge in [0.2, 0.25) is 0 Å². The quantitative estimate of drug-likeness (QED) is 0.717. The van der Waals surface area contributed by atoms with Gasteiger partial charge in [0.25, 0.3) is 5.91 Å². The highest BCUT2D eigenvalue weighted by Crippen LogP contribution is 2.17. The summed E-state index contributed by atoms with van der Waals surface area (Å²) >= 11 is 1.41. The van der Waals surface area contributed by atoms with E-state index < -0.39 is 0 Å². The molecule has 0 bridgehead atoms. The highest BCUT2D eigenvalue weighted by Gasteiger charge is 2.22. The maximum atomic E-state index is 12.0. The number of aryl methyl sites for hydroxylation is 1. The van der Waals surface area contributed by atoms with Crippen LogP contribution in [0.2, 0.25) is 0 Å². The molecule has 1 aromatic rings. The van der Waals surface area contributed by atoms with Gasteiger partial charge in [0.1, 0.15) is 4.88 Å². The molecule has 0 spiro atoms. The van der Waals surface area contributed by atoms with Crippen molar-refractivity contribution in [2.24, 2.45) is 0 Å². The van der Waals surface area contributed by atoms with Gasteiger partial charge in [-0.2, -0.15) is 0 Å². The molecule has 21 heavy (non-hydrogen) atoms. The minimum Gasteiger partial charge on any atom is -0.395 e. The highest BCUT2D eigenvalue weighted by molar-refractivity contribution is 7.11. The molecule has 1 unspecified atom stereocenters. The number of thiazole rings is 1. The molecule has 0 radical (unpaired) electrons. The van der Waals surface area contributed by atoms with Crippen molar-refractivity contribution in [2.45, 2.75) is 45.1 Å². The lowest BCUT2D eigenvalue weighted by Crippen LogP contribution is -2.33. The van der Waals surface area contributed by atoms with E-state index in [9.17, 15) is 9.90 Å². The summed E-state index contributed by atoms with van der Waals surface area (Å²) in [6, 6.07) is 0.351. The number of carbonyl (C=O) groups is 1. The molecule has 1 saturated heterocycles. The number of hydrogen-bond acceptors (Lipinski definition) is 5. The van der Waals surface area contributed by atoms with E-state index in [4.69, 9.17) is 0 Å². The first-order valence-electron chi connectivity index (χ1n) is 7.81. The fourth-order valence-corrected chi connectivity index (χ4v) is 3.62. The van der Waals surface area contributed by atoms with Gasteiger partial charge in [0.15, 0.2) is 0 Å². The SMILES string of the molecule is CCc1ncsc1C(=O)NCCCCN1CCCC1CO. The maximum Gasteiger partial charge on any atom is 0.263 e. The normalized spacial score (nSPS) is 19.0. The maximum absolute atomic E-state index is 12.0. The van der Waals surface area contributed by atoms with Crippen molar-refractivity contribution in [1.29, 1.82) is 0 Å². The van der Waals surface area contributed by atoms with E-state index in [-0.39, 0.29) is 12.5 Å². The van der Waals surface area contributed by atoms with E-state index in [1.54, 1.807) is 5.51 Å². The Hall–Kier alpha value is -0.980. The third kappa shape index (κ3) is 4.49. The molecule has 1 aliphatic rings. The van der Waals surface area contributed by atoms with Crippen LogP contribution in [-0.2, 0) is 6.42 Å². The van der Waals surface area contributed by atoms with Crippen LogP contribution in [0.5, 0.6) is 0 Å². The number of amides is 1. The molecule has 1 aromatic heterocycles. The number of hydrogen-bond donors (Lipinski definition) is 2. The smallest absolute Gasteiger partial charge is 0.263 e. The zero-order valence-electron chi connectivity index (χ0n) is 12.7. The van der Waals surface area contributed by atoms with Crippen molar-refractivity contribution in [3.8, 4) is 0 Å². The molecule has 5 nitrogen and oxygen atoms in total. The van der Waals surface area contributed by atoms with Gasteiger partial charge >= 0.3 is 0 Å².